The normalized spacial score (nSPS) is 13.5. The van der Waals surface area contributed by atoms with Crippen molar-refractivity contribution >= 4 is 22.5 Å². The van der Waals surface area contributed by atoms with Crippen LogP contribution in [0.5, 0.6) is 0 Å². The van der Waals surface area contributed by atoms with Gasteiger partial charge in [0.05, 0.1) is 11.3 Å². The van der Waals surface area contributed by atoms with Crippen molar-refractivity contribution in [2.45, 2.75) is 19.9 Å². The maximum atomic E-state index is 13.6. The Morgan fingerprint density at radius 1 is 1.17 bits per heavy atom. The molecule has 2 aromatic carbocycles. The lowest BCUT2D eigenvalue weighted by atomic mass is 10.1. The number of hydrogen-bond donors (Lipinski definition) is 0. The van der Waals surface area contributed by atoms with E-state index < -0.39 is 11.6 Å². The van der Waals surface area contributed by atoms with E-state index in [4.69, 9.17) is 0 Å². The van der Waals surface area contributed by atoms with E-state index in [0.717, 1.165) is 23.5 Å². The fourth-order valence-corrected chi connectivity index (χ4v) is 3.42. The number of benzene rings is 2. The molecule has 1 aliphatic rings. The molecule has 0 saturated carbocycles. The molecule has 1 amide bonds. The van der Waals surface area contributed by atoms with Gasteiger partial charge in [0, 0.05) is 36.3 Å². The van der Waals surface area contributed by atoms with Gasteiger partial charge >= 0.3 is 0 Å². The van der Waals surface area contributed by atoms with E-state index in [1.165, 1.54) is 6.07 Å². The maximum absolute atomic E-state index is 13.6. The minimum Gasteiger partial charge on any atom is -0.347 e. The second-order valence-electron chi connectivity index (χ2n) is 5.95. The van der Waals surface area contributed by atoms with Gasteiger partial charge in [-0.1, -0.05) is 18.2 Å². The van der Waals surface area contributed by atoms with Gasteiger partial charge in [0.2, 0.25) is 0 Å². The van der Waals surface area contributed by atoms with E-state index in [-0.39, 0.29) is 5.91 Å². The van der Waals surface area contributed by atoms with Crippen LogP contribution >= 0.6 is 0 Å². The van der Waals surface area contributed by atoms with Crippen molar-refractivity contribution in [3.8, 4) is 0 Å². The van der Waals surface area contributed by atoms with Crippen molar-refractivity contribution in [1.29, 1.82) is 0 Å². The fourth-order valence-electron chi connectivity index (χ4n) is 3.42. The zero-order valence-corrected chi connectivity index (χ0v) is 13.2. The highest BCUT2D eigenvalue weighted by atomic mass is 19.2. The first kappa shape index (κ1) is 14.9. The summed E-state index contributed by atoms with van der Waals surface area (Å²) < 4.78 is 29.0. The molecule has 0 aliphatic carbocycles. The number of carbonyl (C=O) groups is 1. The number of fused-ring (bicyclic) bond motifs is 2. The van der Waals surface area contributed by atoms with E-state index in [9.17, 15) is 13.6 Å². The van der Waals surface area contributed by atoms with Gasteiger partial charge in [-0.25, -0.2) is 8.78 Å². The number of halogens is 2. The largest absolute Gasteiger partial charge is 0.347 e. The summed E-state index contributed by atoms with van der Waals surface area (Å²) in [7, 11) is 0. The van der Waals surface area contributed by atoms with Gasteiger partial charge in [0.1, 0.15) is 0 Å². The van der Waals surface area contributed by atoms with Gasteiger partial charge in [0.15, 0.2) is 11.6 Å². The molecule has 2 heterocycles. The summed E-state index contributed by atoms with van der Waals surface area (Å²) >= 11 is 0. The molecule has 24 heavy (non-hydrogen) atoms. The van der Waals surface area contributed by atoms with Crippen LogP contribution in [0, 0.1) is 11.6 Å². The molecule has 4 rings (SSSR count). The molecule has 5 heteroatoms. The lowest BCUT2D eigenvalue weighted by Crippen LogP contribution is -2.28. The molecule has 0 atom stereocenters. The van der Waals surface area contributed by atoms with Gasteiger partial charge in [-0.05, 0) is 31.0 Å². The quantitative estimate of drug-likeness (QED) is 0.695. The van der Waals surface area contributed by atoms with Crippen molar-refractivity contribution in [2.75, 3.05) is 11.4 Å². The molecule has 0 unspecified atom stereocenters. The van der Waals surface area contributed by atoms with E-state index in [1.54, 1.807) is 4.90 Å². The predicted octanol–water partition coefficient (Wildman–Crippen LogP) is 4.14. The van der Waals surface area contributed by atoms with E-state index in [2.05, 4.69) is 0 Å². The van der Waals surface area contributed by atoms with Crippen LogP contribution in [0.3, 0.4) is 0 Å². The monoisotopic (exact) mass is 326 g/mol. The molecule has 0 fully saturated rings. The number of aryl methyl sites for hydroxylation is 1. The average molecular weight is 326 g/mol. The number of carbonyl (C=O) groups excluding carboxylic acids is 1. The molecule has 0 bridgehead atoms. The SMILES string of the molecule is CCn1cc(C(=O)N2CCc3cc(F)c(F)cc32)c2ccccc21. The second kappa shape index (κ2) is 5.44. The Labute approximate surface area is 138 Å². The number of anilines is 1. The number of para-hydroxylation sites is 1. The molecule has 3 nitrogen and oxygen atoms in total. The summed E-state index contributed by atoms with van der Waals surface area (Å²) in [5.74, 6) is -1.97. The molecule has 0 saturated heterocycles. The zero-order valence-electron chi connectivity index (χ0n) is 13.2. The van der Waals surface area contributed by atoms with Crippen LogP contribution in [0.1, 0.15) is 22.8 Å². The summed E-state index contributed by atoms with van der Waals surface area (Å²) in [5, 5.41) is 0.875. The highest BCUT2D eigenvalue weighted by Gasteiger charge is 2.29. The summed E-state index contributed by atoms with van der Waals surface area (Å²) in [4.78, 5) is 14.6. The fraction of sp³-hybridized carbons (Fsp3) is 0.211. The lowest BCUT2D eigenvalue weighted by molar-refractivity contribution is 0.0990. The molecule has 0 radical (unpaired) electrons. The molecular formula is C19H16F2N2O. The standard InChI is InChI=1S/C19H16F2N2O/c1-2-22-11-14(13-5-3-4-6-17(13)22)19(24)23-8-7-12-9-15(20)16(21)10-18(12)23/h3-6,9-11H,2,7-8H2,1H3. The van der Waals surface area contributed by atoms with Gasteiger partial charge in [-0.15, -0.1) is 0 Å². The van der Waals surface area contributed by atoms with Gasteiger partial charge in [-0.3, -0.25) is 4.79 Å². The number of aromatic nitrogens is 1. The molecule has 1 aliphatic heterocycles. The van der Waals surface area contributed by atoms with Crippen LogP contribution in [0.15, 0.2) is 42.6 Å². The summed E-state index contributed by atoms with van der Waals surface area (Å²) in [6.07, 6.45) is 2.37. The Hall–Kier alpha value is -2.69. The molecule has 122 valence electrons. The Kier molecular flexibility index (Phi) is 3.37. The van der Waals surface area contributed by atoms with Crippen molar-refractivity contribution < 1.29 is 13.6 Å². The Morgan fingerprint density at radius 2 is 1.92 bits per heavy atom. The van der Waals surface area contributed by atoms with Crippen molar-refractivity contribution in [2.24, 2.45) is 0 Å². The third-order valence-electron chi connectivity index (χ3n) is 4.62. The van der Waals surface area contributed by atoms with Crippen molar-refractivity contribution in [1.82, 2.24) is 4.57 Å². The van der Waals surface area contributed by atoms with Crippen LogP contribution in [-0.2, 0) is 13.0 Å². The Bertz CT molecular complexity index is 961. The molecule has 3 aromatic rings. The first-order chi connectivity index (χ1) is 11.6. The van der Waals surface area contributed by atoms with Gasteiger partial charge in [0.25, 0.3) is 5.91 Å². The smallest absolute Gasteiger partial charge is 0.260 e. The first-order valence-electron chi connectivity index (χ1n) is 7.97. The van der Waals surface area contributed by atoms with Crippen LogP contribution in [0.2, 0.25) is 0 Å². The van der Waals surface area contributed by atoms with E-state index in [1.807, 2.05) is 42.0 Å². The van der Waals surface area contributed by atoms with Gasteiger partial charge in [-0.2, -0.15) is 0 Å². The average Bonchev–Trinajstić information content (AvgIpc) is 3.16. The number of rotatable bonds is 2. The molecule has 0 N–H and O–H groups in total. The number of amides is 1. The van der Waals surface area contributed by atoms with E-state index >= 15 is 0 Å². The third-order valence-corrected chi connectivity index (χ3v) is 4.62. The predicted molar refractivity (Wildman–Crippen MR) is 89.4 cm³/mol. The minimum atomic E-state index is -0.926. The van der Waals surface area contributed by atoms with Gasteiger partial charge < -0.3 is 9.47 Å². The topological polar surface area (TPSA) is 25.2 Å². The number of hydrogen-bond acceptors (Lipinski definition) is 1. The molecule has 1 aromatic heterocycles. The van der Waals surface area contributed by atoms with Crippen LogP contribution in [0.25, 0.3) is 10.9 Å². The van der Waals surface area contributed by atoms with E-state index in [0.29, 0.717) is 29.8 Å². The zero-order chi connectivity index (χ0) is 16.8. The first-order valence-corrected chi connectivity index (χ1v) is 7.97. The highest BCUT2D eigenvalue weighted by Crippen LogP contribution is 2.33. The second-order valence-corrected chi connectivity index (χ2v) is 5.95. The maximum Gasteiger partial charge on any atom is 0.260 e. The third kappa shape index (κ3) is 2.12. The van der Waals surface area contributed by atoms with Crippen LogP contribution in [-0.4, -0.2) is 17.0 Å². The molecule has 0 spiro atoms. The Balaban J connectivity index is 1.81. The summed E-state index contributed by atoms with van der Waals surface area (Å²) in [5.41, 5.74) is 2.71. The molecular weight excluding hydrogens is 310 g/mol. The van der Waals surface area contributed by atoms with Crippen LogP contribution < -0.4 is 4.90 Å². The highest BCUT2D eigenvalue weighted by molar-refractivity contribution is 6.14. The lowest BCUT2D eigenvalue weighted by Gasteiger charge is -2.17. The summed E-state index contributed by atoms with van der Waals surface area (Å²) in [6.45, 7) is 3.21. The van der Waals surface area contributed by atoms with Crippen molar-refractivity contribution in [3.63, 3.8) is 0 Å². The van der Waals surface area contributed by atoms with Crippen LogP contribution in [0.4, 0.5) is 14.5 Å². The number of nitrogens with zero attached hydrogens (tertiary/aromatic N) is 2. The minimum absolute atomic E-state index is 0.178. The van der Waals surface area contributed by atoms with Crippen molar-refractivity contribution in [3.05, 3.63) is 65.4 Å². The Morgan fingerprint density at radius 3 is 2.71 bits per heavy atom. The summed E-state index contributed by atoms with van der Waals surface area (Å²) in [6, 6.07) is 10.0.